The van der Waals surface area contributed by atoms with Gasteiger partial charge in [0.05, 0.1) is 12.8 Å². The monoisotopic (exact) mass is 419 g/mol. The zero-order valence-electron chi connectivity index (χ0n) is 16.6. The first kappa shape index (κ1) is 19.8. The summed E-state index contributed by atoms with van der Waals surface area (Å²) in [6.45, 7) is 2.06. The fourth-order valence-electron chi connectivity index (χ4n) is 3.02. The molecule has 0 atom stereocenters. The molecule has 2 aromatic heterocycles. The molecule has 8 heteroatoms. The number of hydrogen-bond acceptors (Lipinski definition) is 6. The van der Waals surface area contributed by atoms with Gasteiger partial charge in [0.1, 0.15) is 5.75 Å². The van der Waals surface area contributed by atoms with Crippen LogP contribution in [0.1, 0.15) is 11.1 Å². The van der Waals surface area contributed by atoms with Crippen molar-refractivity contribution in [2.75, 3.05) is 12.4 Å². The summed E-state index contributed by atoms with van der Waals surface area (Å²) in [6, 6.07) is 19.3. The summed E-state index contributed by atoms with van der Waals surface area (Å²) in [5.74, 6) is 1.41. The molecule has 0 aliphatic rings. The molecule has 1 N–H and O–H groups in total. The lowest BCUT2D eigenvalue weighted by Crippen LogP contribution is -2.30. The van der Waals surface area contributed by atoms with Crippen LogP contribution in [0.25, 0.3) is 0 Å². The smallest absolute Gasteiger partial charge is 0.316 e. The number of rotatable bonds is 7. The summed E-state index contributed by atoms with van der Waals surface area (Å²) in [4.78, 5) is 13.3. The molecule has 0 saturated carbocycles. The minimum Gasteiger partial charge on any atom is -0.495 e. The van der Waals surface area contributed by atoms with Crippen LogP contribution in [0.5, 0.6) is 5.75 Å². The lowest BCUT2D eigenvalue weighted by molar-refractivity contribution is 0.416. The normalized spacial score (nSPS) is 10.7. The number of para-hydroxylation sites is 2. The van der Waals surface area contributed by atoms with Crippen LogP contribution < -0.4 is 15.6 Å². The average molecular weight is 420 g/mol. The quantitative estimate of drug-likeness (QED) is 0.455. The molecule has 0 aliphatic heterocycles. The largest absolute Gasteiger partial charge is 0.495 e. The number of hydrogen-bond donors (Lipinski definition) is 1. The topological polar surface area (TPSA) is 74.0 Å². The van der Waals surface area contributed by atoms with E-state index in [1.807, 2.05) is 42.5 Å². The lowest BCUT2D eigenvalue weighted by atomic mass is 10.2. The molecule has 0 amide bonds. The van der Waals surface area contributed by atoms with E-state index in [-0.39, 0.29) is 11.4 Å². The first-order valence-electron chi connectivity index (χ1n) is 9.37. The molecular formula is C22H21N5O2S. The predicted octanol–water partition coefficient (Wildman–Crippen LogP) is 4.10. The number of nitrogens with one attached hydrogen (secondary N) is 1. The Kier molecular flexibility index (Phi) is 5.85. The minimum absolute atomic E-state index is 0.119. The molecule has 0 fully saturated rings. The summed E-state index contributed by atoms with van der Waals surface area (Å²) in [7, 11) is 1.58. The first-order valence-corrected chi connectivity index (χ1v) is 10.4. The standard InChI is InChI=1S/C22H21N5O2S/c1-16-8-7-9-17(14-16)15-30-22-25-24-20(21(28)27(22)26-12-5-6-13-26)23-18-10-3-4-11-19(18)29-2/h3-14H,15H2,1-2H3,(H,23,24). The van der Waals surface area contributed by atoms with Gasteiger partial charge in [0.25, 0.3) is 0 Å². The Morgan fingerprint density at radius 1 is 1.03 bits per heavy atom. The van der Waals surface area contributed by atoms with Crippen molar-refractivity contribution in [3.63, 3.8) is 0 Å². The van der Waals surface area contributed by atoms with Crippen molar-refractivity contribution >= 4 is 23.3 Å². The van der Waals surface area contributed by atoms with Gasteiger partial charge in [-0.2, -0.15) is 4.68 Å². The number of thioether (sulfide) groups is 1. The van der Waals surface area contributed by atoms with E-state index in [9.17, 15) is 4.79 Å². The van der Waals surface area contributed by atoms with E-state index in [0.29, 0.717) is 22.3 Å². The van der Waals surface area contributed by atoms with Gasteiger partial charge in [-0.15, -0.1) is 10.2 Å². The molecule has 0 radical (unpaired) electrons. The number of ether oxygens (including phenoxy) is 1. The third-order valence-electron chi connectivity index (χ3n) is 4.44. The molecular weight excluding hydrogens is 398 g/mol. The van der Waals surface area contributed by atoms with Crippen molar-refractivity contribution in [1.29, 1.82) is 0 Å². The Labute approximate surface area is 178 Å². The first-order chi connectivity index (χ1) is 14.7. The molecule has 0 saturated heterocycles. The van der Waals surface area contributed by atoms with E-state index in [0.717, 1.165) is 5.56 Å². The highest BCUT2D eigenvalue weighted by atomic mass is 32.2. The second kappa shape index (κ2) is 8.87. The molecule has 2 heterocycles. The van der Waals surface area contributed by atoms with Crippen molar-refractivity contribution in [3.8, 4) is 5.75 Å². The van der Waals surface area contributed by atoms with Crippen molar-refractivity contribution in [3.05, 3.63) is 94.5 Å². The molecule has 152 valence electrons. The third-order valence-corrected chi connectivity index (χ3v) is 5.43. The molecule has 0 spiro atoms. The third kappa shape index (κ3) is 4.23. The molecule has 7 nitrogen and oxygen atoms in total. The van der Waals surface area contributed by atoms with E-state index in [1.165, 1.54) is 22.0 Å². The molecule has 4 aromatic rings. The zero-order chi connectivity index (χ0) is 20.9. The number of aromatic nitrogens is 4. The van der Waals surface area contributed by atoms with Crippen LogP contribution in [0, 0.1) is 6.92 Å². The van der Waals surface area contributed by atoms with Crippen LogP contribution in [0.15, 0.2) is 83.0 Å². The summed E-state index contributed by atoms with van der Waals surface area (Å²) >= 11 is 1.46. The zero-order valence-corrected chi connectivity index (χ0v) is 17.5. The van der Waals surface area contributed by atoms with E-state index in [1.54, 1.807) is 24.2 Å². The molecule has 2 aromatic carbocycles. The van der Waals surface area contributed by atoms with E-state index in [2.05, 4.69) is 40.6 Å². The van der Waals surface area contributed by atoms with Crippen molar-refractivity contribution in [2.24, 2.45) is 0 Å². The van der Waals surface area contributed by atoms with Crippen LogP contribution in [0.4, 0.5) is 11.5 Å². The maximum absolute atomic E-state index is 13.3. The maximum atomic E-state index is 13.3. The number of benzene rings is 2. The SMILES string of the molecule is COc1ccccc1Nc1nnc(SCc2cccc(C)c2)n(-n2cccc2)c1=O. The highest BCUT2D eigenvalue weighted by Gasteiger charge is 2.15. The summed E-state index contributed by atoms with van der Waals surface area (Å²) in [6.07, 6.45) is 3.60. The van der Waals surface area contributed by atoms with Crippen molar-refractivity contribution in [2.45, 2.75) is 17.8 Å². The van der Waals surface area contributed by atoms with Gasteiger partial charge < -0.3 is 10.1 Å². The minimum atomic E-state index is -0.307. The van der Waals surface area contributed by atoms with Gasteiger partial charge >= 0.3 is 5.56 Å². The Balaban J connectivity index is 1.69. The second-order valence-electron chi connectivity index (χ2n) is 6.61. The Morgan fingerprint density at radius 2 is 1.83 bits per heavy atom. The molecule has 30 heavy (non-hydrogen) atoms. The number of aryl methyl sites for hydroxylation is 1. The van der Waals surface area contributed by atoms with E-state index < -0.39 is 0 Å². The Hall–Kier alpha value is -3.52. The van der Waals surface area contributed by atoms with Gasteiger partial charge in [-0.25, -0.2) is 0 Å². The van der Waals surface area contributed by atoms with Gasteiger partial charge in [0.2, 0.25) is 11.0 Å². The highest BCUT2D eigenvalue weighted by molar-refractivity contribution is 7.98. The number of anilines is 2. The fraction of sp³-hybridized carbons (Fsp3) is 0.136. The van der Waals surface area contributed by atoms with Crippen molar-refractivity contribution in [1.82, 2.24) is 19.5 Å². The van der Waals surface area contributed by atoms with Crippen molar-refractivity contribution < 1.29 is 4.74 Å². The van der Waals surface area contributed by atoms with Crippen LogP contribution in [0.3, 0.4) is 0 Å². The number of nitrogens with zero attached hydrogens (tertiary/aromatic N) is 4. The second-order valence-corrected chi connectivity index (χ2v) is 7.56. The maximum Gasteiger partial charge on any atom is 0.316 e. The van der Waals surface area contributed by atoms with Gasteiger partial charge in [-0.3, -0.25) is 9.47 Å². The molecule has 0 unspecified atom stereocenters. The Bertz CT molecular complexity index is 1200. The van der Waals surface area contributed by atoms with E-state index in [4.69, 9.17) is 4.74 Å². The van der Waals surface area contributed by atoms with E-state index >= 15 is 0 Å². The molecule has 0 bridgehead atoms. The summed E-state index contributed by atoms with van der Waals surface area (Å²) in [5, 5.41) is 12.1. The fourth-order valence-corrected chi connectivity index (χ4v) is 3.89. The van der Waals surface area contributed by atoms with Gasteiger partial charge in [0.15, 0.2) is 0 Å². The van der Waals surface area contributed by atoms with Gasteiger partial charge in [-0.05, 0) is 36.8 Å². The summed E-state index contributed by atoms with van der Waals surface area (Å²) < 4.78 is 8.55. The van der Waals surface area contributed by atoms with Gasteiger partial charge in [-0.1, -0.05) is 53.7 Å². The molecule has 4 rings (SSSR count). The van der Waals surface area contributed by atoms with Crippen LogP contribution >= 0.6 is 11.8 Å². The summed E-state index contributed by atoms with van der Waals surface area (Å²) in [5.41, 5.74) is 2.69. The predicted molar refractivity (Wildman–Crippen MR) is 119 cm³/mol. The van der Waals surface area contributed by atoms with Crippen LogP contribution in [-0.4, -0.2) is 26.7 Å². The average Bonchev–Trinajstić information content (AvgIpc) is 3.28. The number of methoxy groups -OCH3 is 1. The Morgan fingerprint density at radius 3 is 2.60 bits per heavy atom. The van der Waals surface area contributed by atoms with Gasteiger partial charge in [0, 0.05) is 18.1 Å². The van der Waals surface area contributed by atoms with Crippen LogP contribution in [0.2, 0.25) is 0 Å². The molecule has 0 aliphatic carbocycles. The van der Waals surface area contributed by atoms with Crippen LogP contribution in [-0.2, 0) is 5.75 Å². The highest BCUT2D eigenvalue weighted by Crippen LogP contribution is 2.26. The lowest BCUT2D eigenvalue weighted by Gasteiger charge is -2.14.